The van der Waals surface area contributed by atoms with Gasteiger partial charge in [0.1, 0.15) is 0 Å². The van der Waals surface area contributed by atoms with Gasteiger partial charge in [0.2, 0.25) is 0 Å². The first-order chi connectivity index (χ1) is 13.4. The van der Waals surface area contributed by atoms with Crippen LogP contribution in [-0.2, 0) is 11.2 Å². The van der Waals surface area contributed by atoms with E-state index in [1.165, 1.54) is 12.1 Å². The fraction of sp³-hybridized carbons (Fsp3) is 0.364. The van der Waals surface area contributed by atoms with Crippen LogP contribution in [0, 0.1) is 0 Å². The smallest absolute Gasteiger partial charge is 0.335 e. The number of morpholine rings is 1. The van der Waals surface area contributed by atoms with Gasteiger partial charge in [0.15, 0.2) is 5.78 Å². The van der Waals surface area contributed by atoms with Crippen LogP contribution in [-0.4, -0.2) is 48.7 Å². The largest absolute Gasteiger partial charge is 0.478 e. The van der Waals surface area contributed by atoms with Crippen molar-refractivity contribution in [1.82, 2.24) is 0 Å². The number of ether oxygens (including phenoxy) is 1. The Labute approximate surface area is 164 Å². The highest BCUT2D eigenvalue weighted by molar-refractivity contribution is 6.03. The molecule has 2 aromatic rings. The average molecular weight is 382 g/mol. The molecule has 3 rings (SSSR count). The van der Waals surface area contributed by atoms with Crippen molar-refractivity contribution in [1.29, 1.82) is 0 Å². The van der Waals surface area contributed by atoms with Gasteiger partial charge in [-0.2, -0.15) is 0 Å². The van der Waals surface area contributed by atoms with E-state index >= 15 is 0 Å². The number of carboxylic acids is 1. The molecule has 0 aliphatic carbocycles. The highest BCUT2D eigenvalue weighted by atomic mass is 16.5. The second-order valence-corrected chi connectivity index (χ2v) is 7.16. The van der Waals surface area contributed by atoms with Crippen molar-refractivity contribution in [2.45, 2.75) is 25.3 Å². The summed E-state index contributed by atoms with van der Waals surface area (Å²) in [7, 11) is 0. The van der Waals surface area contributed by atoms with Crippen LogP contribution in [0.15, 0.2) is 48.5 Å². The van der Waals surface area contributed by atoms with Gasteiger partial charge in [-0.15, -0.1) is 0 Å². The van der Waals surface area contributed by atoms with Crippen LogP contribution in [0.3, 0.4) is 0 Å². The van der Waals surface area contributed by atoms with E-state index in [0.717, 1.165) is 24.3 Å². The molecule has 148 valence electrons. The monoisotopic (exact) mass is 382 g/mol. The highest BCUT2D eigenvalue weighted by Gasteiger charge is 2.33. The summed E-state index contributed by atoms with van der Waals surface area (Å²) >= 11 is 0. The van der Waals surface area contributed by atoms with Crippen molar-refractivity contribution in [3.05, 3.63) is 65.2 Å². The van der Waals surface area contributed by atoms with Gasteiger partial charge >= 0.3 is 5.97 Å². The Bertz CT molecular complexity index is 827. The fourth-order valence-corrected chi connectivity index (χ4v) is 3.43. The molecule has 1 aliphatic heterocycles. The molecule has 0 amide bonds. The molecule has 0 radical (unpaired) electrons. The van der Waals surface area contributed by atoms with Crippen LogP contribution in [0.2, 0.25) is 0 Å². The zero-order valence-corrected chi connectivity index (χ0v) is 16.1. The lowest BCUT2D eigenvalue weighted by Crippen LogP contribution is -2.49. The molecule has 0 saturated carbocycles. The summed E-state index contributed by atoms with van der Waals surface area (Å²) in [6, 6.07) is 14.1. The molecule has 2 aromatic carbocycles. The molecule has 0 spiro atoms. The number of carboxylic acid groups (broad SMARTS) is 1. The van der Waals surface area contributed by atoms with Gasteiger partial charge in [0, 0.05) is 24.3 Å². The van der Waals surface area contributed by atoms with Crippen LogP contribution >= 0.6 is 0 Å². The number of benzene rings is 2. The van der Waals surface area contributed by atoms with Crippen LogP contribution in [0.25, 0.3) is 0 Å². The number of hydrogen-bond donors (Lipinski definition) is 2. The first-order valence-electron chi connectivity index (χ1n) is 9.51. The number of aromatic carboxylic acids is 1. The number of nitrogens with zero attached hydrogens (tertiary/aromatic N) is 1. The normalized spacial score (nSPS) is 16.4. The van der Waals surface area contributed by atoms with E-state index < -0.39 is 11.5 Å². The van der Waals surface area contributed by atoms with Crippen LogP contribution in [0.1, 0.15) is 39.6 Å². The Morgan fingerprint density at radius 3 is 2.14 bits per heavy atom. The second kappa shape index (κ2) is 8.54. The van der Waals surface area contributed by atoms with E-state index in [1.807, 2.05) is 31.2 Å². The van der Waals surface area contributed by atoms with E-state index in [-0.39, 0.29) is 11.3 Å². The van der Waals surface area contributed by atoms with Crippen LogP contribution < -0.4 is 10.6 Å². The number of rotatable bonds is 7. The van der Waals surface area contributed by atoms with E-state index in [9.17, 15) is 9.59 Å². The van der Waals surface area contributed by atoms with Crippen molar-refractivity contribution in [3.63, 3.8) is 0 Å². The van der Waals surface area contributed by atoms with Crippen LogP contribution in [0.5, 0.6) is 0 Å². The maximum Gasteiger partial charge on any atom is 0.335 e. The number of anilines is 1. The molecule has 1 saturated heterocycles. The number of hydrogen-bond acceptors (Lipinski definition) is 5. The minimum absolute atomic E-state index is 0.106. The summed E-state index contributed by atoms with van der Waals surface area (Å²) in [6.45, 7) is 5.00. The molecule has 1 atom stereocenters. The molecule has 0 aromatic heterocycles. The maximum atomic E-state index is 13.1. The molecular weight excluding hydrogens is 356 g/mol. The van der Waals surface area contributed by atoms with Crippen molar-refractivity contribution in [3.8, 4) is 0 Å². The topological polar surface area (TPSA) is 92.9 Å². The van der Waals surface area contributed by atoms with Gasteiger partial charge < -0.3 is 20.5 Å². The SMILES string of the molecule is CCC(N)(Cc1ccc(C(=O)O)cc1)C(=O)c1ccc(N2CCOCC2)cc1. The first kappa shape index (κ1) is 20.0. The Hall–Kier alpha value is -2.70. The summed E-state index contributed by atoms with van der Waals surface area (Å²) in [5, 5.41) is 9.02. The third kappa shape index (κ3) is 4.40. The summed E-state index contributed by atoms with van der Waals surface area (Å²) in [5.74, 6) is -1.08. The van der Waals surface area contributed by atoms with Gasteiger partial charge in [-0.05, 0) is 54.8 Å². The summed E-state index contributed by atoms with van der Waals surface area (Å²) in [6.07, 6.45) is 0.838. The summed E-state index contributed by atoms with van der Waals surface area (Å²) < 4.78 is 5.37. The molecule has 0 bridgehead atoms. The molecule has 3 N–H and O–H groups in total. The molecule has 1 aliphatic rings. The standard InChI is InChI=1S/C22H26N2O4/c1-2-22(23,15-16-3-5-18(6-4-16)21(26)27)20(25)17-7-9-19(10-8-17)24-11-13-28-14-12-24/h3-10H,2,11-15,23H2,1H3,(H,26,27). The Kier molecular flexibility index (Phi) is 6.11. The molecule has 1 heterocycles. The second-order valence-electron chi connectivity index (χ2n) is 7.16. The number of carbonyl (C=O) groups excluding carboxylic acids is 1. The molecule has 1 unspecified atom stereocenters. The highest BCUT2D eigenvalue weighted by Crippen LogP contribution is 2.23. The predicted octanol–water partition coefficient (Wildman–Crippen LogP) is 2.75. The molecule has 6 heteroatoms. The molecule has 1 fully saturated rings. The lowest BCUT2D eigenvalue weighted by Gasteiger charge is -2.30. The van der Waals surface area contributed by atoms with Gasteiger partial charge in [-0.3, -0.25) is 4.79 Å². The number of Topliss-reactive ketones (excluding diaryl/α,β-unsaturated/α-hetero) is 1. The Morgan fingerprint density at radius 1 is 1.04 bits per heavy atom. The summed E-state index contributed by atoms with van der Waals surface area (Å²) in [5.41, 5.74) is 8.17. The number of ketones is 1. The molecule has 28 heavy (non-hydrogen) atoms. The van der Waals surface area contributed by atoms with E-state index in [1.54, 1.807) is 12.1 Å². The zero-order chi connectivity index (χ0) is 20.1. The summed E-state index contributed by atoms with van der Waals surface area (Å²) in [4.78, 5) is 26.3. The Morgan fingerprint density at radius 2 is 1.61 bits per heavy atom. The van der Waals surface area contributed by atoms with Crippen molar-refractivity contribution in [2.24, 2.45) is 5.73 Å². The molecule has 6 nitrogen and oxygen atoms in total. The third-order valence-corrected chi connectivity index (χ3v) is 5.31. The van der Waals surface area contributed by atoms with Crippen molar-refractivity contribution >= 4 is 17.4 Å². The lowest BCUT2D eigenvalue weighted by atomic mass is 9.82. The quantitative estimate of drug-likeness (QED) is 0.716. The zero-order valence-electron chi connectivity index (χ0n) is 16.1. The van der Waals surface area contributed by atoms with E-state index in [2.05, 4.69) is 4.90 Å². The van der Waals surface area contributed by atoms with Gasteiger partial charge in [0.05, 0.1) is 24.3 Å². The first-order valence-corrected chi connectivity index (χ1v) is 9.51. The Balaban J connectivity index is 1.74. The van der Waals surface area contributed by atoms with Gasteiger partial charge in [-0.25, -0.2) is 4.79 Å². The third-order valence-electron chi connectivity index (χ3n) is 5.31. The lowest BCUT2D eigenvalue weighted by molar-refractivity contribution is 0.0696. The molecular formula is C22H26N2O4. The van der Waals surface area contributed by atoms with Crippen molar-refractivity contribution < 1.29 is 19.4 Å². The maximum absolute atomic E-state index is 13.1. The van der Waals surface area contributed by atoms with Gasteiger partial charge in [0.25, 0.3) is 0 Å². The predicted molar refractivity (Wildman–Crippen MR) is 108 cm³/mol. The van der Waals surface area contributed by atoms with Crippen molar-refractivity contribution in [2.75, 3.05) is 31.2 Å². The average Bonchev–Trinajstić information content (AvgIpc) is 2.74. The minimum atomic E-state index is -1.04. The number of nitrogens with two attached hydrogens (primary N) is 1. The van der Waals surface area contributed by atoms with E-state index in [0.29, 0.717) is 31.6 Å². The number of carbonyl (C=O) groups is 2. The van der Waals surface area contributed by atoms with Gasteiger partial charge in [-0.1, -0.05) is 19.1 Å². The minimum Gasteiger partial charge on any atom is -0.478 e. The van der Waals surface area contributed by atoms with Crippen LogP contribution in [0.4, 0.5) is 5.69 Å². The van der Waals surface area contributed by atoms with E-state index in [4.69, 9.17) is 15.6 Å². The fourth-order valence-electron chi connectivity index (χ4n) is 3.43.